The van der Waals surface area contributed by atoms with Crippen LogP contribution in [0.2, 0.25) is 0 Å². The molecule has 8 heteroatoms. The zero-order valence-electron chi connectivity index (χ0n) is 11.1. The van der Waals surface area contributed by atoms with Gasteiger partial charge in [-0.1, -0.05) is 0 Å². The van der Waals surface area contributed by atoms with Gasteiger partial charge in [-0.25, -0.2) is 0 Å². The molecule has 1 aliphatic rings. The summed E-state index contributed by atoms with van der Waals surface area (Å²) in [7, 11) is 0. The summed E-state index contributed by atoms with van der Waals surface area (Å²) in [4.78, 5) is 10.1. The average molecular weight is 304 g/mol. The van der Waals surface area contributed by atoms with Crippen molar-refractivity contribution in [3.05, 3.63) is 33.9 Å². The number of nitro groups is 1. The Kier molecular flexibility index (Phi) is 4.36. The highest BCUT2D eigenvalue weighted by Gasteiger charge is 2.33. The van der Waals surface area contributed by atoms with Crippen molar-refractivity contribution in [1.82, 2.24) is 0 Å². The van der Waals surface area contributed by atoms with Crippen LogP contribution in [0.5, 0.6) is 0 Å². The quantitative estimate of drug-likeness (QED) is 0.663. The van der Waals surface area contributed by atoms with Gasteiger partial charge in [-0.15, -0.1) is 0 Å². The first-order chi connectivity index (χ1) is 9.77. The lowest BCUT2D eigenvalue weighted by atomic mass is 9.93. The van der Waals surface area contributed by atoms with Gasteiger partial charge < -0.3 is 10.4 Å². The summed E-state index contributed by atoms with van der Waals surface area (Å²) in [5.41, 5.74) is -1.55. The number of aliphatic hydroxyl groups is 1. The Hall–Kier alpha value is -1.83. The van der Waals surface area contributed by atoms with Gasteiger partial charge in [0.25, 0.3) is 5.69 Å². The highest BCUT2D eigenvalue weighted by atomic mass is 19.4. The SMILES string of the molecule is O=[N+]([O-])c1cc(C(F)(F)F)ccc1N[C@H]1CC[C@H](O)CC1. The standard InChI is InChI=1S/C13H15F3N2O3/c14-13(15,16)8-1-6-11(12(7-8)18(20)21)17-9-2-4-10(19)5-3-9/h1,6-7,9-10,17,19H,2-5H2/t9-,10-. The molecular weight excluding hydrogens is 289 g/mol. The molecule has 0 heterocycles. The Morgan fingerprint density at radius 2 is 1.86 bits per heavy atom. The average Bonchev–Trinajstić information content (AvgIpc) is 2.40. The van der Waals surface area contributed by atoms with Crippen molar-refractivity contribution < 1.29 is 23.2 Å². The Labute approximate surface area is 118 Å². The van der Waals surface area contributed by atoms with E-state index >= 15 is 0 Å². The minimum atomic E-state index is -4.61. The van der Waals surface area contributed by atoms with E-state index < -0.39 is 22.4 Å². The summed E-state index contributed by atoms with van der Waals surface area (Å²) in [6, 6.07) is 2.38. The molecule has 0 radical (unpaired) electrons. The normalized spacial score (nSPS) is 22.9. The van der Waals surface area contributed by atoms with Crippen LogP contribution < -0.4 is 5.32 Å². The maximum atomic E-state index is 12.6. The van der Waals surface area contributed by atoms with E-state index in [4.69, 9.17) is 0 Å². The Morgan fingerprint density at radius 1 is 1.24 bits per heavy atom. The monoisotopic (exact) mass is 304 g/mol. The minimum Gasteiger partial charge on any atom is -0.393 e. The summed E-state index contributed by atoms with van der Waals surface area (Å²) >= 11 is 0. The van der Waals surface area contributed by atoms with E-state index in [1.54, 1.807) is 0 Å². The molecule has 0 unspecified atom stereocenters. The van der Waals surface area contributed by atoms with Crippen LogP contribution in [0.1, 0.15) is 31.2 Å². The summed E-state index contributed by atoms with van der Waals surface area (Å²) in [6.07, 6.45) is -2.58. The zero-order valence-corrected chi connectivity index (χ0v) is 11.1. The fourth-order valence-electron chi connectivity index (χ4n) is 2.42. The lowest BCUT2D eigenvalue weighted by Gasteiger charge is -2.27. The molecular formula is C13H15F3N2O3. The summed E-state index contributed by atoms with van der Waals surface area (Å²) < 4.78 is 37.8. The van der Waals surface area contributed by atoms with Crippen molar-refractivity contribution in [2.75, 3.05) is 5.32 Å². The van der Waals surface area contributed by atoms with Gasteiger partial charge in [0, 0.05) is 12.1 Å². The van der Waals surface area contributed by atoms with Crippen molar-refractivity contribution in [2.45, 2.75) is 44.0 Å². The summed E-state index contributed by atoms with van der Waals surface area (Å²) in [6.45, 7) is 0. The Morgan fingerprint density at radius 3 is 2.38 bits per heavy atom. The molecule has 5 nitrogen and oxygen atoms in total. The molecule has 116 valence electrons. The maximum Gasteiger partial charge on any atom is 0.416 e. The van der Waals surface area contributed by atoms with E-state index in [0.29, 0.717) is 31.7 Å². The highest BCUT2D eigenvalue weighted by molar-refractivity contribution is 5.63. The van der Waals surface area contributed by atoms with Crippen LogP contribution in [0.4, 0.5) is 24.5 Å². The largest absolute Gasteiger partial charge is 0.416 e. The smallest absolute Gasteiger partial charge is 0.393 e. The van der Waals surface area contributed by atoms with Gasteiger partial charge in [-0.2, -0.15) is 13.2 Å². The number of hydrogen-bond acceptors (Lipinski definition) is 4. The van der Waals surface area contributed by atoms with E-state index in [-0.39, 0.29) is 17.8 Å². The molecule has 1 fully saturated rings. The molecule has 0 bridgehead atoms. The number of nitrogens with one attached hydrogen (secondary N) is 1. The Balaban J connectivity index is 2.21. The number of hydrogen-bond donors (Lipinski definition) is 2. The van der Waals surface area contributed by atoms with Crippen LogP contribution in [-0.2, 0) is 6.18 Å². The second-order valence-electron chi connectivity index (χ2n) is 5.14. The van der Waals surface area contributed by atoms with Crippen molar-refractivity contribution in [3.8, 4) is 0 Å². The molecule has 0 aromatic heterocycles. The summed E-state index contributed by atoms with van der Waals surface area (Å²) in [5.74, 6) is 0. The van der Waals surface area contributed by atoms with Crippen LogP contribution in [0, 0.1) is 10.1 Å². The van der Waals surface area contributed by atoms with Gasteiger partial charge in [-0.05, 0) is 37.8 Å². The molecule has 1 aliphatic carbocycles. The molecule has 1 saturated carbocycles. The molecule has 2 rings (SSSR count). The van der Waals surface area contributed by atoms with Gasteiger partial charge in [0.15, 0.2) is 0 Å². The topological polar surface area (TPSA) is 75.4 Å². The number of rotatable bonds is 3. The molecule has 21 heavy (non-hydrogen) atoms. The number of halogens is 3. The van der Waals surface area contributed by atoms with Gasteiger partial charge in [0.1, 0.15) is 5.69 Å². The fraction of sp³-hybridized carbons (Fsp3) is 0.538. The third-order valence-electron chi connectivity index (χ3n) is 3.58. The molecule has 0 spiro atoms. The Bertz CT molecular complexity index is 526. The first-order valence-corrected chi connectivity index (χ1v) is 6.57. The first-order valence-electron chi connectivity index (χ1n) is 6.57. The van der Waals surface area contributed by atoms with Crippen LogP contribution in [0.25, 0.3) is 0 Å². The summed E-state index contributed by atoms with van der Waals surface area (Å²) in [5, 5.41) is 23.3. The molecule has 0 atom stereocenters. The molecule has 2 N–H and O–H groups in total. The van der Waals surface area contributed by atoms with Crippen molar-refractivity contribution >= 4 is 11.4 Å². The van der Waals surface area contributed by atoms with Gasteiger partial charge in [0.05, 0.1) is 16.6 Å². The van der Waals surface area contributed by atoms with Crippen LogP contribution >= 0.6 is 0 Å². The van der Waals surface area contributed by atoms with E-state index in [0.717, 1.165) is 12.1 Å². The van der Waals surface area contributed by atoms with Crippen molar-refractivity contribution in [1.29, 1.82) is 0 Å². The fourth-order valence-corrected chi connectivity index (χ4v) is 2.42. The van der Waals surface area contributed by atoms with E-state index in [1.165, 1.54) is 0 Å². The number of anilines is 1. The number of aliphatic hydroxyl groups excluding tert-OH is 1. The number of nitrogens with zero attached hydrogens (tertiary/aromatic N) is 1. The van der Waals surface area contributed by atoms with Gasteiger partial charge in [0.2, 0.25) is 0 Å². The number of benzene rings is 1. The second kappa shape index (κ2) is 5.88. The third-order valence-corrected chi connectivity index (χ3v) is 3.58. The minimum absolute atomic E-state index is 0.0781. The van der Waals surface area contributed by atoms with Crippen LogP contribution in [0.3, 0.4) is 0 Å². The predicted molar refractivity (Wildman–Crippen MR) is 70.0 cm³/mol. The van der Waals surface area contributed by atoms with Crippen molar-refractivity contribution in [2.24, 2.45) is 0 Å². The predicted octanol–water partition coefficient (Wildman–Crippen LogP) is 3.33. The van der Waals surface area contributed by atoms with Gasteiger partial charge >= 0.3 is 6.18 Å². The molecule has 0 amide bonds. The third kappa shape index (κ3) is 3.84. The molecule has 1 aromatic carbocycles. The van der Waals surface area contributed by atoms with E-state index in [9.17, 15) is 28.4 Å². The maximum absolute atomic E-state index is 12.6. The highest BCUT2D eigenvalue weighted by Crippen LogP contribution is 2.36. The lowest BCUT2D eigenvalue weighted by molar-refractivity contribution is -0.384. The first kappa shape index (κ1) is 15.6. The van der Waals surface area contributed by atoms with Crippen molar-refractivity contribution in [3.63, 3.8) is 0 Å². The van der Waals surface area contributed by atoms with E-state index in [1.807, 2.05) is 0 Å². The number of alkyl halides is 3. The van der Waals surface area contributed by atoms with Crippen LogP contribution in [-0.4, -0.2) is 22.2 Å². The lowest BCUT2D eigenvalue weighted by Crippen LogP contribution is -2.28. The zero-order chi connectivity index (χ0) is 15.6. The number of nitro benzene ring substituents is 1. The van der Waals surface area contributed by atoms with E-state index in [2.05, 4.69) is 5.32 Å². The second-order valence-corrected chi connectivity index (χ2v) is 5.14. The van der Waals surface area contributed by atoms with Gasteiger partial charge in [-0.3, -0.25) is 10.1 Å². The van der Waals surface area contributed by atoms with Crippen LogP contribution in [0.15, 0.2) is 18.2 Å². The molecule has 1 aromatic rings. The molecule has 0 aliphatic heterocycles. The molecule has 0 saturated heterocycles.